The summed E-state index contributed by atoms with van der Waals surface area (Å²) in [6.45, 7) is 3.97. The van der Waals surface area contributed by atoms with Crippen LogP contribution in [0.15, 0.2) is 28.9 Å². The van der Waals surface area contributed by atoms with Crippen LogP contribution in [0.5, 0.6) is 0 Å². The van der Waals surface area contributed by atoms with Crippen LogP contribution in [0.4, 0.5) is 5.82 Å². The molecule has 0 aliphatic rings. The van der Waals surface area contributed by atoms with E-state index in [1.807, 2.05) is 13.8 Å². The number of rotatable bonds is 5. The van der Waals surface area contributed by atoms with Crippen LogP contribution in [0.2, 0.25) is 0 Å². The lowest BCUT2D eigenvalue weighted by Gasteiger charge is -2.14. The van der Waals surface area contributed by atoms with Crippen LogP contribution in [-0.2, 0) is 4.79 Å². The normalized spacial score (nSPS) is 10.7. The monoisotopic (exact) mass is 290 g/mol. The van der Waals surface area contributed by atoms with Gasteiger partial charge >= 0.3 is 0 Å². The SMILES string of the molecule is CC(C)c1cc(NC(=O)CN(C)C(=O)c2ccco2)n[nH]1. The van der Waals surface area contributed by atoms with Crippen LogP contribution in [0.1, 0.15) is 36.0 Å². The number of hydrogen-bond donors (Lipinski definition) is 2. The maximum Gasteiger partial charge on any atom is 0.289 e. The highest BCUT2D eigenvalue weighted by Crippen LogP contribution is 2.14. The van der Waals surface area contributed by atoms with E-state index < -0.39 is 0 Å². The molecule has 21 heavy (non-hydrogen) atoms. The van der Waals surface area contributed by atoms with Crippen LogP contribution in [0.25, 0.3) is 0 Å². The largest absolute Gasteiger partial charge is 0.459 e. The molecule has 0 saturated heterocycles. The molecule has 0 atom stereocenters. The number of furan rings is 1. The summed E-state index contributed by atoms with van der Waals surface area (Å²) < 4.78 is 5.01. The minimum absolute atomic E-state index is 0.0800. The molecule has 0 fully saturated rings. The minimum Gasteiger partial charge on any atom is -0.459 e. The second kappa shape index (κ2) is 6.25. The molecular formula is C14H18N4O3. The summed E-state index contributed by atoms with van der Waals surface area (Å²) in [5, 5.41) is 9.49. The molecule has 0 aliphatic carbocycles. The molecular weight excluding hydrogens is 272 g/mol. The Morgan fingerprint density at radius 2 is 2.24 bits per heavy atom. The number of hydrogen-bond acceptors (Lipinski definition) is 4. The average Bonchev–Trinajstić information content (AvgIpc) is 3.08. The zero-order chi connectivity index (χ0) is 15.4. The number of aromatic nitrogens is 2. The Kier molecular flexibility index (Phi) is 4.42. The Morgan fingerprint density at radius 1 is 1.48 bits per heavy atom. The Hall–Kier alpha value is -2.57. The number of carbonyl (C=O) groups excluding carboxylic acids is 2. The zero-order valence-electron chi connectivity index (χ0n) is 12.2. The molecule has 7 nitrogen and oxygen atoms in total. The van der Waals surface area contributed by atoms with E-state index in [1.165, 1.54) is 18.2 Å². The first-order valence-corrected chi connectivity index (χ1v) is 6.61. The van der Waals surface area contributed by atoms with E-state index in [4.69, 9.17) is 4.42 Å². The number of nitrogens with zero attached hydrogens (tertiary/aromatic N) is 2. The van der Waals surface area contributed by atoms with Gasteiger partial charge in [-0.15, -0.1) is 0 Å². The molecule has 2 N–H and O–H groups in total. The standard InChI is InChI=1S/C14H18N4O3/c1-9(2)10-7-12(17-16-10)15-13(19)8-18(3)14(20)11-5-4-6-21-11/h4-7,9H,8H2,1-3H3,(H2,15,16,17,19). The minimum atomic E-state index is -0.347. The summed E-state index contributed by atoms with van der Waals surface area (Å²) >= 11 is 0. The summed E-state index contributed by atoms with van der Waals surface area (Å²) in [5.74, 6) is 0.278. The third-order valence-corrected chi connectivity index (χ3v) is 2.95. The van der Waals surface area contributed by atoms with Crippen molar-refractivity contribution in [3.05, 3.63) is 35.9 Å². The quantitative estimate of drug-likeness (QED) is 0.879. The van der Waals surface area contributed by atoms with E-state index in [2.05, 4.69) is 15.5 Å². The van der Waals surface area contributed by atoms with E-state index in [0.29, 0.717) is 11.7 Å². The fourth-order valence-electron chi connectivity index (χ4n) is 1.75. The highest BCUT2D eigenvalue weighted by Gasteiger charge is 2.17. The van der Waals surface area contributed by atoms with Crippen molar-refractivity contribution in [3.63, 3.8) is 0 Å². The topological polar surface area (TPSA) is 91.2 Å². The van der Waals surface area contributed by atoms with Crippen LogP contribution >= 0.6 is 0 Å². The van der Waals surface area contributed by atoms with Crippen molar-refractivity contribution >= 4 is 17.6 Å². The maximum absolute atomic E-state index is 11.9. The Labute approximate surface area is 122 Å². The van der Waals surface area contributed by atoms with E-state index in [-0.39, 0.29) is 24.1 Å². The molecule has 112 valence electrons. The van der Waals surface area contributed by atoms with Crippen LogP contribution in [-0.4, -0.2) is 40.5 Å². The average molecular weight is 290 g/mol. The van der Waals surface area contributed by atoms with Gasteiger partial charge in [-0.1, -0.05) is 13.8 Å². The van der Waals surface area contributed by atoms with E-state index in [0.717, 1.165) is 5.69 Å². The van der Waals surface area contributed by atoms with Crippen molar-refractivity contribution in [2.45, 2.75) is 19.8 Å². The van der Waals surface area contributed by atoms with E-state index >= 15 is 0 Å². The number of nitrogens with one attached hydrogen (secondary N) is 2. The van der Waals surface area contributed by atoms with E-state index in [9.17, 15) is 9.59 Å². The number of anilines is 1. The first-order chi connectivity index (χ1) is 9.97. The van der Waals surface area contributed by atoms with Gasteiger partial charge in [-0.2, -0.15) is 5.10 Å². The van der Waals surface area contributed by atoms with Gasteiger partial charge in [-0.05, 0) is 18.1 Å². The summed E-state index contributed by atoms with van der Waals surface area (Å²) in [6.07, 6.45) is 1.41. The van der Waals surface area contributed by atoms with Crippen LogP contribution in [0.3, 0.4) is 0 Å². The van der Waals surface area contributed by atoms with E-state index in [1.54, 1.807) is 18.2 Å². The number of amides is 2. The van der Waals surface area contributed by atoms with Gasteiger partial charge in [-0.25, -0.2) is 0 Å². The molecule has 2 aromatic heterocycles. The zero-order valence-corrected chi connectivity index (χ0v) is 12.2. The predicted octanol–water partition coefficient (Wildman–Crippen LogP) is 1.84. The molecule has 2 amide bonds. The predicted molar refractivity (Wildman–Crippen MR) is 77.0 cm³/mol. The van der Waals surface area contributed by atoms with Crippen molar-refractivity contribution < 1.29 is 14.0 Å². The van der Waals surface area contributed by atoms with Gasteiger partial charge in [0.1, 0.15) is 6.54 Å². The molecule has 2 heterocycles. The lowest BCUT2D eigenvalue weighted by molar-refractivity contribution is -0.116. The molecule has 2 rings (SSSR count). The van der Waals surface area contributed by atoms with Crippen molar-refractivity contribution in [2.75, 3.05) is 18.9 Å². The lowest BCUT2D eigenvalue weighted by atomic mass is 10.1. The molecule has 0 aliphatic heterocycles. The Balaban J connectivity index is 1.90. The first kappa shape index (κ1) is 14.8. The Bertz CT molecular complexity index is 616. The number of carbonyl (C=O) groups is 2. The van der Waals surface area contributed by atoms with Crippen LogP contribution < -0.4 is 5.32 Å². The molecule has 0 aromatic carbocycles. The van der Waals surface area contributed by atoms with Gasteiger partial charge in [0.25, 0.3) is 5.91 Å². The fraction of sp³-hybridized carbons (Fsp3) is 0.357. The third-order valence-electron chi connectivity index (χ3n) is 2.95. The Morgan fingerprint density at radius 3 is 2.81 bits per heavy atom. The van der Waals surface area contributed by atoms with Gasteiger partial charge in [0.15, 0.2) is 11.6 Å². The molecule has 0 spiro atoms. The van der Waals surface area contributed by atoms with Crippen molar-refractivity contribution in [3.8, 4) is 0 Å². The lowest BCUT2D eigenvalue weighted by Crippen LogP contribution is -2.34. The maximum atomic E-state index is 11.9. The van der Waals surface area contributed by atoms with Gasteiger partial charge in [0.05, 0.1) is 6.26 Å². The van der Waals surface area contributed by atoms with Crippen molar-refractivity contribution in [1.82, 2.24) is 15.1 Å². The fourth-order valence-corrected chi connectivity index (χ4v) is 1.75. The summed E-state index contributed by atoms with van der Waals surface area (Å²) in [4.78, 5) is 25.1. The summed E-state index contributed by atoms with van der Waals surface area (Å²) in [7, 11) is 1.54. The highest BCUT2D eigenvalue weighted by molar-refractivity contribution is 5.97. The summed E-state index contributed by atoms with van der Waals surface area (Å²) in [6, 6.07) is 4.95. The molecule has 0 unspecified atom stereocenters. The second-order valence-electron chi connectivity index (χ2n) is 5.05. The number of aromatic amines is 1. The molecule has 2 aromatic rings. The van der Waals surface area contributed by atoms with Crippen molar-refractivity contribution in [1.29, 1.82) is 0 Å². The van der Waals surface area contributed by atoms with Gasteiger partial charge < -0.3 is 14.6 Å². The first-order valence-electron chi connectivity index (χ1n) is 6.61. The highest BCUT2D eigenvalue weighted by atomic mass is 16.3. The third kappa shape index (κ3) is 3.71. The second-order valence-corrected chi connectivity index (χ2v) is 5.05. The smallest absolute Gasteiger partial charge is 0.289 e. The number of H-pyrrole nitrogens is 1. The van der Waals surface area contributed by atoms with Crippen molar-refractivity contribution in [2.24, 2.45) is 0 Å². The van der Waals surface area contributed by atoms with Gasteiger partial charge in [0, 0.05) is 18.8 Å². The van der Waals surface area contributed by atoms with Gasteiger partial charge in [-0.3, -0.25) is 14.7 Å². The molecule has 0 bridgehead atoms. The summed E-state index contributed by atoms with van der Waals surface area (Å²) in [5.41, 5.74) is 0.935. The molecule has 0 saturated carbocycles. The van der Waals surface area contributed by atoms with Gasteiger partial charge in [0.2, 0.25) is 5.91 Å². The molecule has 0 radical (unpaired) electrons. The molecule has 7 heteroatoms. The van der Waals surface area contributed by atoms with Crippen LogP contribution in [0, 0.1) is 0 Å². The number of likely N-dealkylation sites (N-methyl/N-ethyl adjacent to an activating group) is 1.